The van der Waals surface area contributed by atoms with Gasteiger partial charge in [0, 0.05) is 13.1 Å². The number of aliphatic hydroxyl groups excluding tert-OH is 2. The van der Waals surface area contributed by atoms with Crippen LogP contribution in [0.1, 0.15) is 37.3 Å². The molecule has 0 spiro atoms. The number of hydrogen-bond acceptors (Lipinski definition) is 3. The summed E-state index contributed by atoms with van der Waals surface area (Å²) in [5.74, 6) is 0. The Balaban J connectivity index is 2.05. The smallest absolute Gasteiger partial charge is 0.0894 e. The average Bonchev–Trinajstić information content (AvgIpc) is 2.74. The van der Waals surface area contributed by atoms with Crippen LogP contribution in [0, 0.1) is 5.41 Å². The van der Waals surface area contributed by atoms with Crippen molar-refractivity contribution in [2.75, 3.05) is 19.7 Å². The molecule has 3 heteroatoms. The first-order valence-electron chi connectivity index (χ1n) is 10.1. The minimum Gasteiger partial charge on any atom is -0.394 e. The zero-order valence-corrected chi connectivity index (χ0v) is 16.8. The first-order chi connectivity index (χ1) is 13.7. The Hall–Kier alpha value is -2.20. The van der Waals surface area contributed by atoms with Crippen molar-refractivity contribution >= 4 is 12.2 Å². The Kier molecular flexibility index (Phi) is 9.70. The van der Waals surface area contributed by atoms with Gasteiger partial charge in [-0.2, -0.15) is 0 Å². The lowest BCUT2D eigenvalue weighted by Crippen LogP contribution is -2.38. The van der Waals surface area contributed by atoms with Gasteiger partial charge in [0.2, 0.25) is 0 Å². The van der Waals surface area contributed by atoms with Gasteiger partial charge in [0.05, 0.1) is 12.7 Å². The van der Waals surface area contributed by atoms with Gasteiger partial charge in [-0.05, 0) is 35.8 Å². The normalized spacial score (nSPS) is 15.1. The predicted octanol–water partition coefficient (Wildman–Crippen LogP) is 4.53. The van der Waals surface area contributed by atoms with Crippen molar-refractivity contribution in [3.8, 4) is 0 Å². The van der Waals surface area contributed by atoms with Crippen LogP contribution >= 0.6 is 0 Å². The summed E-state index contributed by atoms with van der Waals surface area (Å²) in [6, 6.07) is 20.7. The van der Waals surface area contributed by atoms with Gasteiger partial charge in [0.15, 0.2) is 0 Å². The van der Waals surface area contributed by atoms with Crippen LogP contribution in [-0.2, 0) is 0 Å². The number of rotatable bonds is 12. The van der Waals surface area contributed by atoms with Crippen LogP contribution in [0.15, 0.2) is 72.8 Å². The van der Waals surface area contributed by atoms with E-state index in [1.165, 1.54) is 11.1 Å². The summed E-state index contributed by atoms with van der Waals surface area (Å²) in [4.78, 5) is 0. The molecule has 3 nitrogen and oxygen atoms in total. The van der Waals surface area contributed by atoms with E-state index in [9.17, 15) is 5.11 Å². The highest BCUT2D eigenvalue weighted by atomic mass is 16.3. The molecule has 0 aromatic heterocycles. The van der Waals surface area contributed by atoms with Gasteiger partial charge < -0.3 is 15.5 Å². The number of hydrogen-bond donors (Lipinski definition) is 3. The highest BCUT2D eigenvalue weighted by molar-refractivity contribution is 5.49. The fourth-order valence-electron chi connectivity index (χ4n) is 3.23. The second kappa shape index (κ2) is 12.3. The zero-order valence-electron chi connectivity index (χ0n) is 16.8. The zero-order chi connectivity index (χ0) is 20.1. The molecule has 1 unspecified atom stereocenters. The van der Waals surface area contributed by atoms with Crippen molar-refractivity contribution in [3.63, 3.8) is 0 Å². The monoisotopic (exact) mass is 379 g/mol. The summed E-state index contributed by atoms with van der Waals surface area (Å²) < 4.78 is 0. The molecule has 150 valence electrons. The molecular formula is C25H33NO2. The lowest BCUT2D eigenvalue weighted by molar-refractivity contribution is 0.0907. The fraction of sp³-hybridized carbons (Fsp3) is 0.360. The SMILES string of the molecule is CCC(CC=Cc1ccccc1)(CC=Cc1ccccc1)CNCC(O)CO. The van der Waals surface area contributed by atoms with Gasteiger partial charge >= 0.3 is 0 Å². The Morgan fingerprint density at radius 3 is 1.82 bits per heavy atom. The van der Waals surface area contributed by atoms with Crippen molar-refractivity contribution in [3.05, 3.63) is 83.9 Å². The van der Waals surface area contributed by atoms with Crippen molar-refractivity contribution in [2.45, 2.75) is 32.3 Å². The molecule has 28 heavy (non-hydrogen) atoms. The molecule has 1 atom stereocenters. The number of nitrogens with one attached hydrogen (secondary N) is 1. The summed E-state index contributed by atoms with van der Waals surface area (Å²) in [6.07, 6.45) is 11.0. The van der Waals surface area contributed by atoms with Gasteiger partial charge in [0.25, 0.3) is 0 Å². The van der Waals surface area contributed by atoms with Crippen LogP contribution in [-0.4, -0.2) is 36.0 Å². The maximum absolute atomic E-state index is 9.64. The molecule has 2 aromatic carbocycles. The summed E-state index contributed by atoms with van der Waals surface area (Å²) in [5, 5.41) is 22.0. The highest BCUT2D eigenvalue weighted by Gasteiger charge is 2.25. The lowest BCUT2D eigenvalue weighted by atomic mass is 9.78. The largest absolute Gasteiger partial charge is 0.394 e. The molecule has 0 saturated heterocycles. The molecule has 0 amide bonds. The Morgan fingerprint density at radius 1 is 0.893 bits per heavy atom. The van der Waals surface area contributed by atoms with Crippen LogP contribution in [0.25, 0.3) is 12.2 Å². The maximum atomic E-state index is 9.64. The van der Waals surface area contributed by atoms with Crippen molar-refractivity contribution in [2.24, 2.45) is 5.41 Å². The molecule has 0 fully saturated rings. The molecule has 0 aliphatic carbocycles. The first-order valence-corrected chi connectivity index (χ1v) is 10.1. The number of allylic oxidation sites excluding steroid dienone is 2. The van der Waals surface area contributed by atoms with Crippen LogP contribution in [0.3, 0.4) is 0 Å². The second-order valence-corrected chi connectivity index (χ2v) is 7.36. The van der Waals surface area contributed by atoms with Gasteiger partial charge in [-0.3, -0.25) is 0 Å². The van der Waals surface area contributed by atoms with E-state index in [1.807, 2.05) is 36.4 Å². The van der Waals surface area contributed by atoms with Crippen LogP contribution in [0.2, 0.25) is 0 Å². The first kappa shape index (κ1) is 22.1. The topological polar surface area (TPSA) is 52.5 Å². The minimum absolute atomic E-state index is 0.0612. The predicted molar refractivity (Wildman–Crippen MR) is 119 cm³/mol. The fourth-order valence-corrected chi connectivity index (χ4v) is 3.23. The van der Waals surface area contributed by atoms with E-state index in [4.69, 9.17) is 5.11 Å². The molecule has 0 aliphatic heterocycles. The van der Waals surface area contributed by atoms with E-state index in [0.29, 0.717) is 6.54 Å². The Morgan fingerprint density at radius 2 is 1.39 bits per heavy atom. The Labute approximate surface area is 169 Å². The third-order valence-electron chi connectivity index (χ3n) is 5.16. The Bertz CT molecular complexity index is 658. The molecule has 0 aliphatic rings. The standard InChI is InChI=1S/C25H33NO2/c1-2-25(21-26-19-24(28)20-27,17-9-15-22-11-5-3-6-12-22)18-10-16-23-13-7-4-8-14-23/h3-16,24,26-28H,2,17-21H2,1H3. The summed E-state index contributed by atoms with van der Waals surface area (Å²) in [6.45, 7) is 3.20. The van der Waals surface area contributed by atoms with Gasteiger partial charge in [-0.1, -0.05) is 91.9 Å². The number of aliphatic hydroxyl groups is 2. The molecular weight excluding hydrogens is 346 g/mol. The van der Waals surface area contributed by atoms with Crippen LogP contribution in [0.4, 0.5) is 0 Å². The third kappa shape index (κ3) is 7.81. The molecule has 0 saturated carbocycles. The second-order valence-electron chi connectivity index (χ2n) is 7.36. The molecule has 0 heterocycles. The molecule has 2 aromatic rings. The highest BCUT2D eigenvalue weighted by Crippen LogP contribution is 2.32. The van der Waals surface area contributed by atoms with Crippen LogP contribution in [0.5, 0.6) is 0 Å². The van der Waals surface area contributed by atoms with Gasteiger partial charge in [-0.15, -0.1) is 0 Å². The average molecular weight is 380 g/mol. The number of benzene rings is 2. The van der Waals surface area contributed by atoms with E-state index in [2.05, 4.69) is 60.8 Å². The quantitative estimate of drug-likeness (QED) is 0.508. The van der Waals surface area contributed by atoms with Crippen molar-refractivity contribution in [1.82, 2.24) is 5.32 Å². The van der Waals surface area contributed by atoms with E-state index in [0.717, 1.165) is 25.8 Å². The minimum atomic E-state index is -0.714. The van der Waals surface area contributed by atoms with Gasteiger partial charge in [-0.25, -0.2) is 0 Å². The third-order valence-corrected chi connectivity index (χ3v) is 5.16. The van der Waals surface area contributed by atoms with E-state index < -0.39 is 6.10 Å². The molecule has 2 rings (SSSR count). The van der Waals surface area contributed by atoms with E-state index in [1.54, 1.807) is 0 Å². The van der Waals surface area contributed by atoms with Crippen molar-refractivity contribution < 1.29 is 10.2 Å². The van der Waals surface area contributed by atoms with E-state index in [-0.39, 0.29) is 12.0 Å². The van der Waals surface area contributed by atoms with E-state index >= 15 is 0 Å². The maximum Gasteiger partial charge on any atom is 0.0894 e. The van der Waals surface area contributed by atoms with Crippen LogP contribution < -0.4 is 5.32 Å². The molecule has 0 bridgehead atoms. The van der Waals surface area contributed by atoms with Crippen molar-refractivity contribution in [1.29, 1.82) is 0 Å². The lowest BCUT2D eigenvalue weighted by Gasteiger charge is -2.32. The summed E-state index contributed by atoms with van der Waals surface area (Å²) in [7, 11) is 0. The molecule has 3 N–H and O–H groups in total. The van der Waals surface area contributed by atoms with Gasteiger partial charge in [0.1, 0.15) is 0 Å². The summed E-state index contributed by atoms with van der Waals surface area (Å²) in [5.41, 5.74) is 2.47. The molecule has 0 radical (unpaired) electrons. The summed E-state index contributed by atoms with van der Waals surface area (Å²) >= 11 is 0.